The summed E-state index contributed by atoms with van der Waals surface area (Å²) >= 11 is 0. The van der Waals surface area contributed by atoms with Crippen molar-refractivity contribution in [2.75, 3.05) is 25.5 Å². The SMILES string of the molecule is CO[C@H]1CNCC1Nc1nc(C)no1. The van der Waals surface area contributed by atoms with Gasteiger partial charge in [0.2, 0.25) is 0 Å². The Bertz CT molecular complexity index is 301. The number of hydrogen-bond donors (Lipinski definition) is 2. The first-order valence-electron chi connectivity index (χ1n) is 4.60. The van der Waals surface area contributed by atoms with Gasteiger partial charge in [-0.05, 0) is 6.92 Å². The number of methoxy groups -OCH3 is 1. The normalized spacial score (nSPS) is 26.7. The van der Waals surface area contributed by atoms with Gasteiger partial charge in [0.15, 0.2) is 5.82 Å². The summed E-state index contributed by atoms with van der Waals surface area (Å²) in [4.78, 5) is 4.07. The molecule has 2 heterocycles. The van der Waals surface area contributed by atoms with Crippen molar-refractivity contribution in [3.05, 3.63) is 5.82 Å². The van der Waals surface area contributed by atoms with Gasteiger partial charge in [-0.3, -0.25) is 0 Å². The van der Waals surface area contributed by atoms with Crippen LogP contribution in [0.5, 0.6) is 0 Å². The van der Waals surface area contributed by atoms with E-state index in [1.807, 2.05) is 0 Å². The Morgan fingerprint density at radius 3 is 3.07 bits per heavy atom. The smallest absolute Gasteiger partial charge is 0.321 e. The van der Waals surface area contributed by atoms with Gasteiger partial charge in [-0.25, -0.2) is 0 Å². The number of rotatable bonds is 3. The Balaban J connectivity index is 1.96. The van der Waals surface area contributed by atoms with Gasteiger partial charge in [0.1, 0.15) is 0 Å². The van der Waals surface area contributed by atoms with Crippen LogP contribution in [-0.2, 0) is 4.74 Å². The van der Waals surface area contributed by atoms with Crippen LogP contribution in [-0.4, -0.2) is 42.5 Å². The molecule has 0 saturated carbocycles. The molecule has 0 radical (unpaired) electrons. The summed E-state index contributed by atoms with van der Waals surface area (Å²) in [7, 11) is 1.70. The number of ether oxygens (including phenoxy) is 1. The Kier molecular flexibility index (Phi) is 2.64. The molecule has 2 atom stereocenters. The lowest BCUT2D eigenvalue weighted by atomic mass is 10.2. The summed E-state index contributed by atoms with van der Waals surface area (Å²) in [6, 6.07) is 0.651. The highest BCUT2D eigenvalue weighted by Gasteiger charge is 2.27. The van der Waals surface area contributed by atoms with Crippen LogP contribution in [0.3, 0.4) is 0 Å². The van der Waals surface area contributed by atoms with E-state index in [1.54, 1.807) is 14.0 Å². The molecule has 78 valence electrons. The maximum atomic E-state index is 5.29. The van der Waals surface area contributed by atoms with Crippen LogP contribution in [0.2, 0.25) is 0 Å². The molecular formula is C8H14N4O2. The number of nitrogens with zero attached hydrogens (tertiary/aromatic N) is 2. The van der Waals surface area contributed by atoms with Gasteiger partial charge in [-0.1, -0.05) is 5.16 Å². The molecule has 1 saturated heterocycles. The van der Waals surface area contributed by atoms with Gasteiger partial charge < -0.3 is 19.9 Å². The zero-order chi connectivity index (χ0) is 9.97. The van der Waals surface area contributed by atoms with Crippen molar-refractivity contribution in [2.45, 2.75) is 19.1 Å². The quantitative estimate of drug-likeness (QED) is 0.699. The molecule has 1 aromatic heterocycles. The molecule has 0 bridgehead atoms. The molecule has 1 unspecified atom stereocenters. The Morgan fingerprint density at radius 2 is 2.43 bits per heavy atom. The average molecular weight is 198 g/mol. The van der Waals surface area contributed by atoms with E-state index in [0.29, 0.717) is 11.8 Å². The zero-order valence-electron chi connectivity index (χ0n) is 8.28. The fraction of sp³-hybridized carbons (Fsp3) is 0.750. The second kappa shape index (κ2) is 3.93. The summed E-state index contributed by atoms with van der Waals surface area (Å²) in [5.74, 6) is 0.632. The van der Waals surface area contributed by atoms with Crippen molar-refractivity contribution in [3.8, 4) is 0 Å². The monoisotopic (exact) mass is 198 g/mol. The lowest BCUT2D eigenvalue weighted by Gasteiger charge is -2.16. The fourth-order valence-corrected chi connectivity index (χ4v) is 1.56. The van der Waals surface area contributed by atoms with E-state index >= 15 is 0 Å². The average Bonchev–Trinajstić information content (AvgIpc) is 2.76. The number of aromatic nitrogens is 2. The molecule has 2 N–H and O–H groups in total. The highest BCUT2D eigenvalue weighted by atomic mass is 16.5. The summed E-state index contributed by atoms with van der Waals surface area (Å²) < 4.78 is 10.3. The van der Waals surface area contributed by atoms with Gasteiger partial charge in [-0.2, -0.15) is 4.98 Å². The highest BCUT2D eigenvalue weighted by molar-refractivity contribution is 5.22. The second-order valence-electron chi connectivity index (χ2n) is 3.33. The Morgan fingerprint density at radius 1 is 1.57 bits per heavy atom. The van der Waals surface area contributed by atoms with E-state index in [-0.39, 0.29) is 12.1 Å². The molecule has 0 aliphatic carbocycles. The van der Waals surface area contributed by atoms with E-state index in [1.165, 1.54) is 0 Å². The van der Waals surface area contributed by atoms with Crippen LogP contribution in [0.4, 0.5) is 6.01 Å². The minimum atomic E-state index is 0.155. The van der Waals surface area contributed by atoms with E-state index in [9.17, 15) is 0 Å². The summed E-state index contributed by atoms with van der Waals surface area (Å²) in [6.45, 7) is 3.48. The molecule has 6 heteroatoms. The van der Waals surface area contributed by atoms with Gasteiger partial charge in [0.05, 0.1) is 12.1 Å². The van der Waals surface area contributed by atoms with Gasteiger partial charge in [0, 0.05) is 20.2 Å². The van der Waals surface area contributed by atoms with Gasteiger partial charge in [-0.15, -0.1) is 0 Å². The summed E-state index contributed by atoms with van der Waals surface area (Å²) in [5, 5.41) is 10.1. The molecule has 2 rings (SSSR count). The third-order valence-electron chi connectivity index (χ3n) is 2.30. The molecule has 1 fully saturated rings. The van der Waals surface area contributed by atoms with Crippen LogP contribution in [0.25, 0.3) is 0 Å². The minimum Gasteiger partial charge on any atom is -0.378 e. The largest absolute Gasteiger partial charge is 0.378 e. The molecule has 0 spiro atoms. The minimum absolute atomic E-state index is 0.155. The van der Waals surface area contributed by atoms with Crippen LogP contribution in [0.15, 0.2) is 4.52 Å². The second-order valence-corrected chi connectivity index (χ2v) is 3.33. The number of nitrogens with one attached hydrogen (secondary N) is 2. The van der Waals surface area contributed by atoms with E-state index < -0.39 is 0 Å². The lowest BCUT2D eigenvalue weighted by molar-refractivity contribution is 0.111. The Labute approximate surface area is 82.0 Å². The summed E-state index contributed by atoms with van der Waals surface area (Å²) in [5.41, 5.74) is 0. The maximum absolute atomic E-state index is 5.29. The van der Waals surface area contributed by atoms with E-state index in [4.69, 9.17) is 9.26 Å². The van der Waals surface area contributed by atoms with E-state index in [0.717, 1.165) is 13.1 Å². The first kappa shape index (κ1) is 9.42. The molecule has 6 nitrogen and oxygen atoms in total. The molecule has 0 amide bonds. The zero-order valence-corrected chi connectivity index (χ0v) is 8.28. The van der Waals surface area contributed by atoms with Crippen LogP contribution < -0.4 is 10.6 Å². The molecular weight excluding hydrogens is 184 g/mol. The molecule has 0 aromatic carbocycles. The maximum Gasteiger partial charge on any atom is 0.321 e. The molecule has 1 aromatic rings. The van der Waals surface area contributed by atoms with Crippen LogP contribution in [0, 0.1) is 6.92 Å². The highest BCUT2D eigenvalue weighted by Crippen LogP contribution is 2.11. The van der Waals surface area contributed by atoms with Crippen molar-refractivity contribution in [2.24, 2.45) is 0 Å². The van der Waals surface area contributed by atoms with E-state index in [2.05, 4.69) is 20.8 Å². The van der Waals surface area contributed by atoms with Gasteiger partial charge in [0.25, 0.3) is 0 Å². The molecule has 14 heavy (non-hydrogen) atoms. The third kappa shape index (κ3) is 1.85. The number of anilines is 1. The van der Waals surface area contributed by atoms with Crippen molar-refractivity contribution >= 4 is 6.01 Å². The van der Waals surface area contributed by atoms with Crippen molar-refractivity contribution in [1.29, 1.82) is 0 Å². The number of hydrogen-bond acceptors (Lipinski definition) is 6. The topological polar surface area (TPSA) is 72.2 Å². The van der Waals surface area contributed by atoms with Crippen molar-refractivity contribution in [1.82, 2.24) is 15.5 Å². The van der Waals surface area contributed by atoms with Crippen molar-refractivity contribution < 1.29 is 9.26 Å². The first-order chi connectivity index (χ1) is 6.79. The molecule has 1 aliphatic rings. The first-order valence-corrected chi connectivity index (χ1v) is 4.60. The van der Waals surface area contributed by atoms with Gasteiger partial charge >= 0.3 is 6.01 Å². The molecule has 1 aliphatic heterocycles. The number of aryl methyl sites for hydroxylation is 1. The third-order valence-corrected chi connectivity index (χ3v) is 2.30. The lowest BCUT2D eigenvalue weighted by Crippen LogP contribution is -2.33. The predicted molar refractivity (Wildman–Crippen MR) is 50.1 cm³/mol. The summed E-state index contributed by atoms with van der Waals surface area (Å²) in [6.07, 6.45) is 0.155. The van der Waals surface area contributed by atoms with Crippen LogP contribution in [0.1, 0.15) is 5.82 Å². The standard InChI is InChI=1S/C8H14N4O2/c1-5-10-8(14-12-5)11-6-3-9-4-7(6)13-2/h6-7,9H,3-4H2,1-2H3,(H,10,11,12)/t6?,7-/m0/s1. The van der Waals surface area contributed by atoms with Crippen molar-refractivity contribution in [3.63, 3.8) is 0 Å². The Hall–Kier alpha value is -1.14. The predicted octanol–water partition coefficient (Wildman–Crippen LogP) is -0.223. The van der Waals surface area contributed by atoms with Crippen LogP contribution >= 0.6 is 0 Å². The fourth-order valence-electron chi connectivity index (χ4n) is 1.56.